The molecular weight excluding hydrogens is 590 g/mol. The minimum absolute atomic E-state index is 0.0381. The lowest BCUT2D eigenvalue weighted by molar-refractivity contribution is -0.145. The van der Waals surface area contributed by atoms with Crippen molar-refractivity contribution in [3.8, 4) is 0 Å². The summed E-state index contributed by atoms with van der Waals surface area (Å²) in [5.41, 5.74) is 4.06. The Morgan fingerprint density at radius 2 is 1.77 bits per heavy atom. The van der Waals surface area contributed by atoms with Gasteiger partial charge in [-0.2, -0.15) is 5.10 Å². The third-order valence-corrected chi connectivity index (χ3v) is 11.4. The molecule has 4 amide bonds. The van der Waals surface area contributed by atoms with E-state index in [1.807, 2.05) is 46.3 Å². The van der Waals surface area contributed by atoms with Crippen molar-refractivity contribution >= 4 is 34.4 Å². The van der Waals surface area contributed by atoms with Gasteiger partial charge < -0.3 is 25.3 Å². The highest BCUT2D eigenvalue weighted by molar-refractivity contribution is 5.91. The number of hydrogen-bond donors (Lipinski definition) is 3. The molecule has 3 fully saturated rings. The van der Waals surface area contributed by atoms with Gasteiger partial charge in [-0.1, -0.05) is 24.3 Å². The Morgan fingerprint density at radius 3 is 2.57 bits per heavy atom. The fraction of sp³-hybridized carbons (Fsp3) is 0.568. The topological polar surface area (TPSA) is 114 Å². The Bertz CT molecular complexity index is 1570. The van der Waals surface area contributed by atoms with Crippen LogP contribution < -0.4 is 10.6 Å². The molecule has 3 atom stereocenters. The molecule has 47 heavy (non-hydrogen) atoms. The summed E-state index contributed by atoms with van der Waals surface area (Å²) in [6.07, 6.45) is 9.38. The fourth-order valence-corrected chi connectivity index (χ4v) is 8.67. The second-order valence-corrected chi connectivity index (χ2v) is 14.3. The molecule has 2 aromatic carbocycles. The molecule has 0 aliphatic carbocycles. The normalized spacial score (nSPS) is 23.7. The van der Waals surface area contributed by atoms with Gasteiger partial charge >= 0.3 is 6.03 Å². The van der Waals surface area contributed by atoms with Gasteiger partial charge in [0.2, 0.25) is 11.8 Å². The maximum atomic E-state index is 14.3. The van der Waals surface area contributed by atoms with E-state index in [9.17, 15) is 14.4 Å². The highest BCUT2D eigenvalue weighted by Gasteiger charge is 2.38. The number of hydrogen-bond acceptors (Lipinski definition) is 5. The number of carbonyl (C=O) groups is 3. The van der Waals surface area contributed by atoms with Gasteiger partial charge in [0.1, 0.15) is 0 Å². The summed E-state index contributed by atoms with van der Waals surface area (Å²) >= 11 is 0. The summed E-state index contributed by atoms with van der Waals surface area (Å²) in [5, 5.41) is 14.8. The van der Waals surface area contributed by atoms with E-state index in [0.29, 0.717) is 32.0 Å². The molecule has 3 saturated heterocycles. The first kappa shape index (κ1) is 31.7. The fourth-order valence-electron chi connectivity index (χ4n) is 8.67. The van der Waals surface area contributed by atoms with Crippen LogP contribution in [0.15, 0.2) is 48.7 Å². The Morgan fingerprint density at radius 1 is 0.957 bits per heavy atom. The molecule has 7 rings (SSSR count). The first-order valence-electron chi connectivity index (χ1n) is 17.8. The molecule has 5 heterocycles. The first-order valence-corrected chi connectivity index (χ1v) is 17.8. The van der Waals surface area contributed by atoms with E-state index in [1.54, 1.807) is 0 Å². The first-order chi connectivity index (χ1) is 22.9. The number of carbonyl (C=O) groups excluding carboxylic acids is 3. The summed E-state index contributed by atoms with van der Waals surface area (Å²) in [6, 6.07) is 14.3. The lowest BCUT2D eigenvalue weighted by Crippen LogP contribution is -2.51. The second kappa shape index (κ2) is 14.1. The summed E-state index contributed by atoms with van der Waals surface area (Å²) in [7, 11) is 0. The van der Waals surface area contributed by atoms with Crippen molar-refractivity contribution in [2.24, 2.45) is 17.8 Å². The van der Waals surface area contributed by atoms with Gasteiger partial charge in [-0.15, -0.1) is 0 Å². The highest BCUT2D eigenvalue weighted by Crippen LogP contribution is 2.35. The van der Waals surface area contributed by atoms with Crippen LogP contribution in [0.4, 0.5) is 10.5 Å². The molecule has 1 aromatic heterocycles. The number of rotatable bonds is 7. The van der Waals surface area contributed by atoms with E-state index in [2.05, 4.69) is 44.8 Å². The number of amides is 4. The maximum absolute atomic E-state index is 14.3. The van der Waals surface area contributed by atoms with Gasteiger partial charge in [-0.05, 0) is 113 Å². The van der Waals surface area contributed by atoms with Crippen LogP contribution in [0.3, 0.4) is 0 Å². The number of anilines is 1. The zero-order valence-corrected chi connectivity index (χ0v) is 27.6. The van der Waals surface area contributed by atoms with Crippen molar-refractivity contribution in [3.63, 3.8) is 0 Å². The predicted molar refractivity (Wildman–Crippen MR) is 183 cm³/mol. The number of fused-ring (bicyclic) bond motifs is 2. The van der Waals surface area contributed by atoms with Gasteiger partial charge in [-0.3, -0.25) is 14.7 Å². The van der Waals surface area contributed by atoms with Crippen LogP contribution >= 0.6 is 0 Å². The molecule has 0 bridgehead atoms. The van der Waals surface area contributed by atoms with E-state index in [0.717, 1.165) is 85.4 Å². The number of nitrogens with zero attached hydrogens (tertiary/aromatic N) is 4. The van der Waals surface area contributed by atoms with Crippen LogP contribution in [0.2, 0.25) is 0 Å². The quantitative estimate of drug-likeness (QED) is 0.343. The van der Waals surface area contributed by atoms with Crippen LogP contribution in [0.5, 0.6) is 0 Å². The molecule has 2 unspecified atom stereocenters. The molecule has 10 nitrogen and oxygen atoms in total. The van der Waals surface area contributed by atoms with E-state index >= 15 is 0 Å². The van der Waals surface area contributed by atoms with Crippen LogP contribution in [-0.2, 0) is 22.4 Å². The molecule has 4 aliphatic rings. The zero-order valence-electron chi connectivity index (χ0n) is 27.6. The number of urea groups is 1. The number of aromatic nitrogens is 2. The summed E-state index contributed by atoms with van der Waals surface area (Å²) in [4.78, 5) is 47.3. The zero-order chi connectivity index (χ0) is 32.3. The number of likely N-dealkylation sites (tertiary alicyclic amines) is 2. The molecule has 250 valence electrons. The Labute approximate surface area is 277 Å². The predicted octanol–water partition coefficient (Wildman–Crippen LogP) is 4.82. The number of para-hydroxylation sites is 1. The maximum Gasteiger partial charge on any atom is 0.322 e. The summed E-state index contributed by atoms with van der Waals surface area (Å²) in [6.45, 7) is 7.03. The minimum atomic E-state index is -0.419. The molecule has 0 spiro atoms. The summed E-state index contributed by atoms with van der Waals surface area (Å²) < 4.78 is 0. The number of piperidine rings is 3. The Balaban J connectivity index is 1.00. The van der Waals surface area contributed by atoms with Crippen LogP contribution in [0.1, 0.15) is 63.0 Å². The van der Waals surface area contributed by atoms with Gasteiger partial charge in [0.25, 0.3) is 0 Å². The molecule has 3 N–H and O–H groups in total. The van der Waals surface area contributed by atoms with Crippen LogP contribution in [0.25, 0.3) is 10.9 Å². The highest BCUT2D eigenvalue weighted by atomic mass is 16.2. The standard InChI is InChI=1S/C37H49N7O3/c1-25-20-29(27-8-14-38-15-9-27)11-18-43(25)36(46)30(21-26-6-7-34-31(22-26)24-39-41-34)23-35(45)42-16-12-32(13-17-42)44-19-10-28-4-2-3-5-33(28)40-37(44)47/h2-7,22,24-25,27,29-30,32,38H,8-21,23H2,1H3,(H,39,41)(H,40,47)/t25-,29?,30?/m1/s1. The van der Waals surface area contributed by atoms with Gasteiger partial charge in [0, 0.05) is 55.8 Å². The smallest absolute Gasteiger partial charge is 0.322 e. The minimum Gasteiger partial charge on any atom is -0.343 e. The third-order valence-electron chi connectivity index (χ3n) is 11.4. The lowest BCUT2D eigenvalue weighted by atomic mass is 9.77. The van der Waals surface area contributed by atoms with E-state index < -0.39 is 5.92 Å². The molecule has 0 radical (unpaired) electrons. The van der Waals surface area contributed by atoms with E-state index in [-0.39, 0.29) is 36.3 Å². The molecule has 3 aromatic rings. The molecule has 10 heteroatoms. The SMILES string of the molecule is C[C@@H]1CC(C2CCNCC2)CCN1C(=O)C(CC(=O)N1CCC(N2CCc3ccccc3NC2=O)CC1)Cc1ccc2[nH]ncc2c1. The second-order valence-electron chi connectivity index (χ2n) is 14.3. The number of H-pyrrole nitrogens is 1. The van der Waals surface area contributed by atoms with Gasteiger partial charge in [-0.25, -0.2) is 4.79 Å². The van der Waals surface area contributed by atoms with Crippen LogP contribution in [0, 0.1) is 17.8 Å². The van der Waals surface area contributed by atoms with E-state index in [1.165, 1.54) is 12.8 Å². The Kier molecular flexibility index (Phi) is 9.47. The van der Waals surface area contributed by atoms with Gasteiger partial charge in [0.05, 0.1) is 17.6 Å². The lowest BCUT2D eigenvalue weighted by Gasteiger charge is -2.43. The number of benzene rings is 2. The molecule has 4 aliphatic heterocycles. The van der Waals surface area contributed by atoms with Crippen LogP contribution in [-0.4, -0.2) is 94.1 Å². The van der Waals surface area contributed by atoms with E-state index in [4.69, 9.17) is 0 Å². The number of aromatic amines is 1. The van der Waals surface area contributed by atoms with Crippen molar-refractivity contribution in [3.05, 3.63) is 59.8 Å². The Hall–Kier alpha value is -3.92. The molecular formula is C37H49N7O3. The number of nitrogens with one attached hydrogen (secondary N) is 3. The average molecular weight is 640 g/mol. The van der Waals surface area contributed by atoms with Gasteiger partial charge in [0.15, 0.2) is 0 Å². The van der Waals surface area contributed by atoms with Crippen molar-refractivity contribution in [2.75, 3.05) is 44.6 Å². The average Bonchev–Trinajstić information content (AvgIpc) is 3.50. The monoisotopic (exact) mass is 639 g/mol. The largest absolute Gasteiger partial charge is 0.343 e. The molecule has 0 saturated carbocycles. The van der Waals surface area contributed by atoms with Crippen molar-refractivity contribution in [1.82, 2.24) is 30.2 Å². The van der Waals surface area contributed by atoms with Crippen molar-refractivity contribution < 1.29 is 14.4 Å². The van der Waals surface area contributed by atoms with Crippen molar-refractivity contribution in [2.45, 2.75) is 76.8 Å². The van der Waals surface area contributed by atoms with Crippen molar-refractivity contribution in [1.29, 1.82) is 0 Å². The third kappa shape index (κ3) is 7.03. The summed E-state index contributed by atoms with van der Waals surface area (Å²) in [5.74, 6) is 1.14.